The van der Waals surface area contributed by atoms with Crippen LogP contribution in [0.4, 0.5) is 4.79 Å². The monoisotopic (exact) mass is 612 g/mol. The second-order valence-corrected chi connectivity index (χ2v) is 12.2. The molecule has 0 spiro atoms. The van der Waals surface area contributed by atoms with Gasteiger partial charge in [-0.1, -0.05) is 31.2 Å². The molecular formula is C31H38N3O8S-. The lowest BCUT2D eigenvalue weighted by Gasteiger charge is -2.35. The third-order valence-corrected chi connectivity index (χ3v) is 9.16. The van der Waals surface area contributed by atoms with Crippen LogP contribution < -0.4 is 5.32 Å². The predicted octanol–water partition coefficient (Wildman–Crippen LogP) is 5.30. The Morgan fingerprint density at radius 2 is 1.93 bits per heavy atom. The van der Waals surface area contributed by atoms with E-state index in [1.165, 1.54) is 9.87 Å². The number of hydrogen-bond donors (Lipinski definition) is 2. The van der Waals surface area contributed by atoms with Gasteiger partial charge < -0.3 is 28.9 Å². The van der Waals surface area contributed by atoms with Crippen molar-refractivity contribution in [2.45, 2.75) is 76.4 Å². The Hall–Kier alpha value is -3.32. The lowest BCUT2D eigenvalue weighted by atomic mass is 9.88. The zero-order chi connectivity index (χ0) is 30.6. The van der Waals surface area contributed by atoms with Gasteiger partial charge in [0.25, 0.3) is 5.91 Å². The molecule has 43 heavy (non-hydrogen) atoms. The molecular weight excluding hydrogens is 574 g/mol. The molecule has 11 nitrogen and oxygen atoms in total. The second kappa shape index (κ2) is 13.5. The Balaban J connectivity index is 1.38. The van der Waals surface area contributed by atoms with Gasteiger partial charge in [-0.05, 0) is 61.6 Å². The number of fused-ring (bicyclic) bond motifs is 1. The molecule has 0 radical (unpaired) electrons. The number of ether oxygens (including phenoxy) is 2. The van der Waals surface area contributed by atoms with Gasteiger partial charge in [-0.3, -0.25) is 9.00 Å². The molecule has 1 unspecified atom stereocenters. The number of carbonyl (C=O) groups is 2. The molecule has 1 aliphatic heterocycles. The molecule has 0 bridgehead atoms. The number of hydrogen-bond acceptors (Lipinski definition) is 8. The van der Waals surface area contributed by atoms with Crippen molar-refractivity contribution in [3.63, 3.8) is 0 Å². The van der Waals surface area contributed by atoms with E-state index in [0.29, 0.717) is 67.7 Å². The predicted molar refractivity (Wildman–Crippen MR) is 159 cm³/mol. The van der Waals surface area contributed by atoms with Crippen LogP contribution in [0.25, 0.3) is 22.4 Å². The number of furan rings is 1. The van der Waals surface area contributed by atoms with Crippen LogP contribution in [0.15, 0.2) is 34.7 Å². The van der Waals surface area contributed by atoms with E-state index in [1.54, 1.807) is 7.05 Å². The average Bonchev–Trinajstić information content (AvgIpc) is 3.78. The maximum atomic E-state index is 13.1. The number of nitrogens with one attached hydrogen (secondary N) is 1. The molecule has 5 rings (SSSR count). The van der Waals surface area contributed by atoms with E-state index in [9.17, 15) is 23.5 Å². The molecule has 3 heterocycles. The standard InChI is InChI=1S/C31H39N3O8S/c1-3-20-6-8-22(9-7-20)27-26(28(35)32-2)24-18-23(21-10-11-21)25(33-29(24)41-27)19-34(43(38)39)15-5-4-12-31(42-30(36)37)13-16-40-17-14-31/h6-9,18,21H,3-5,10-17,19H2,1-2H3,(H,32,35)(H,36,37)(H,38,39)/p-1. The molecule has 232 valence electrons. The number of amides is 1. The molecule has 1 saturated heterocycles. The molecule has 1 aromatic carbocycles. The van der Waals surface area contributed by atoms with Crippen molar-refractivity contribution in [2.75, 3.05) is 26.8 Å². The third-order valence-electron chi connectivity index (χ3n) is 8.43. The highest BCUT2D eigenvalue weighted by molar-refractivity contribution is 7.76. The lowest BCUT2D eigenvalue weighted by molar-refractivity contribution is -0.0901. The van der Waals surface area contributed by atoms with Gasteiger partial charge in [-0.15, -0.1) is 0 Å². The number of rotatable bonds is 13. The SMILES string of the molecule is CCc1ccc(-c2oc3nc(CN(CCCCC4(OC(=O)O)CCOCC4)S(=O)[O-])c(C4CC4)cc3c2C(=O)NC)cc1. The summed E-state index contributed by atoms with van der Waals surface area (Å²) in [6, 6.07) is 9.81. The topological polar surface area (TPSA) is 154 Å². The summed E-state index contributed by atoms with van der Waals surface area (Å²) in [6.07, 6.45) is 4.10. The molecule has 1 saturated carbocycles. The van der Waals surface area contributed by atoms with Crippen molar-refractivity contribution in [3.05, 3.63) is 52.7 Å². The summed E-state index contributed by atoms with van der Waals surface area (Å²) in [5.74, 6) is 0.398. The lowest BCUT2D eigenvalue weighted by Crippen LogP contribution is -2.40. The zero-order valence-electron chi connectivity index (χ0n) is 24.6. The summed E-state index contributed by atoms with van der Waals surface area (Å²) >= 11 is -2.50. The minimum absolute atomic E-state index is 0.0685. The number of aryl methyl sites for hydroxylation is 1. The highest BCUT2D eigenvalue weighted by atomic mass is 32.2. The van der Waals surface area contributed by atoms with Crippen molar-refractivity contribution in [1.82, 2.24) is 14.6 Å². The second-order valence-electron chi connectivity index (χ2n) is 11.3. The Morgan fingerprint density at radius 3 is 2.53 bits per heavy atom. The van der Waals surface area contributed by atoms with Gasteiger partial charge in [0.15, 0.2) is 0 Å². The van der Waals surface area contributed by atoms with Gasteiger partial charge in [0, 0.05) is 43.3 Å². The molecule has 12 heteroatoms. The normalized spacial score (nSPS) is 17.2. The van der Waals surface area contributed by atoms with E-state index in [-0.39, 0.29) is 30.6 Å². The van der Waals surface area contributed by atoms with Gasteiger partial charge in [0.05, 0.1) is 36.4 Å². The molecule has 1 atom stereocenters. The molecule has 1 aliphatic carbocycles. The quantitative estimate of drug-likeness (QED) is 0.149. The van der Waals surface area contributed by atoms with Gasteiger partial charge in [0.2, 0.25) is 5.71 Å². The first-order chi connectivity index (χ1) is 20.7. The first-order valence-corrected chi connectivity index (χ1v) is 15.9. The van der Waals surface area contributed by atoms with Gasteiger partial charge >= 0.3 is 6.16 Å². The van der Waals surface area contributed by atoms with Crippen LogP contribution >= 0.6 is 0 Å². The van der Waals surface area contributed by atoms with Gasteiger partial charge in [0.1, 0.15) is 11.4 Å². The van der Waals surface area contributed by atoms with Crippen LogP contribution in [0.2, 0.25) is 0 Å². The van der Waals surface area contributed by atoms with E-state index in [1.807, 2.05) is 30.3 Å². The minimum Gasteiger partial charge on any atom is -0.760 e. The summed E-state index contributed by atoms with van der Waals surface area (Å²) in [5.41, 5.74) is 3.38. The number of benzene rings is 1. The molecule has 1 amide bonds. The Bertz CT molecular complexity index is 1480. The van der Waals surface area contributed by atoms with E-state index in [0.717, 1.165) is 30.4 Å². The smallest absolute Gasteiger partial charge is 0.506 e. The van der Waals surface area contributed by atoms with E-state index in [4.69, 9.17) is 18.9 Å². The Kier molecular flexibility index (Phi) is 9.80. The van der Waals surface area contributed by atoms with E-state index >= 15 is 0 Å². The summed E-state index contributed by atoms with van der Waals surface area (Å²) in [5, 5.41) is 12.5. The first-order valence-electron chi connectivity index (χ1n) is 14.9. The Labute approximate surface area is 253 Å². The summed E-state index contributed by atoms with van der Waals surface area (Å²) in [4.78, 5) is 29.1. The van der Waals surface area contributed by atoms with Crippen LogP contribution in [0, 0.1) is 0 Å². The minimum atomic E-state index is -2.50. The van der Waals surface area contributed by atoms with Crippen LogP contribution in [0.5, 0.6) is 0 Å². The number of nitrogens with zero attached hydrogens (tertiary/aromatic N) is 2. The maximum absolute atomic E-state index is 13.1. The van der Waals surface area contributed by atoms with Crippen LogP contribution in [0.3, 0.4) is 0 Å². The fraction of sp³-hybridized carbons (Fsp3) is 0.516. The first kappa shape index (κ1) is 31.1. The van der Waals surface area contributed by atoms with Crippen LogP contribution in [0.1, 0.15) is 85.0 Å². The molecule has 2 aromatic heterocycles. The van der Waals surface area contributed by atoms with Crippen LogP contribution in [-0.4, -0.2) is 67.6 Å². The largest absolute Gasteiger partial charge is 0.760 e. The van der Waals surface area contributed by atoms with Crippen molar-refractivity contribution in [1.29, 1.82) is 0 Å². The van der Waals surface area contributed by atoms with Crippen LogP contribution in [-0.2, 0) is 33.7 Å². The summed E-state index contributed by atoms with van der Waals surface area (Å²) in [6.45, 7) is 3.26. The van der Waals surface area contributed by atoms with Crippen molar-refractivity contribution in [3.8, 4) is 11.3 Å². The Morgan fingerprint density at radius 1 is 1.21 bits per heavy atom. The van der Waals surface area contributed by atoms with Crippen molar-refractivity contribution < 1.29 is 37.3 Å². The van der Waals surface area contributed by atoms with Gasteiger partial charge in [-0.2, -0.15) is 0 Å². The van der Waals surface area contributed by atoms with E-state index in [2.05, 4.69) is 12.2 Å². The molecule has 3 aromatic rings. The number of aromatic nitrogens is 1. The number of carbonyl (C=O) groups excluding carboxylic acids is 1. The summed E-state index contributed by atoms with van der Waals surface area (Å²) in [7, 11) is 1.58. The highest BCUT2D eigenvalue weighted by Gasteiger charge is 2.36. The average molecular weight is 613 g/mol. The molecule has 2 fully saturated rings. The van der Waals surface area contributed by atoms with Crippen molar-refractivity contribution in [2.24, 2.45) is 0 Å². The fourth-order valence-electron chi connectivity index (χ4n) is 5.84. The number of unbranched alkanes of at least 4 members (excludes halogenated alkanes) is 1. The zero-order valence-corrected chi connectivity index (χ0v) is 25.4. The maximum Gasteiger partial charge on any atom is 0.506 e. The molecule has 2 aliphatic rings. The van der Waals surface area contributed by atoms with Crippen molar-refractivity contribution >= 4 is 34.4 Å². The number of pyridine rings is 1. The summed E-state index contributed by atoms with van der Waals surface area (Å²) < 4.78 is 42.8. The van der Waals surface area contributed by atoms with E-state index < -0.39 is 23.0 Å². The molecule has 2 N–H and O–H groups in total. The highest BCUT2D eigenvalue weighted by Crippen LogP contribution is 2.44. The fourth-order valence-corrected chi connectivity index (χ4v) is 6.34. The van der Waals surface area contributed by atoms with Gasteiger partial charge in [-0.25, -0.2) is 14.1 Å². The number of carboxylic acid groups (broad SMARTS) is 1. The third kappa shape index (κ3) is 7.26.